The molecular formula is C14H27N3O3. The maximum Gasteiger partial charge on any atom is 0.317 e. The molecule has 0 aromatic rings. The molecule has 1 rings (SSSR count). The molecule has 1 saturated heterocycles. The van der Waals surface area contributed by atoms with Gasteiger partial charge in [-0.05, 0) is 32.7 Å². The van der Waals surface area contributed by atoms with Gasteiger partial charge in [-0.2, -0.15) is 0 Å². The van der Waals surface area contributed by atoms with E-state index in [1.54, 1.807) is 14.0 Å². The molecule has 2 unspecified atom stereocenters. The molecule has 0 bridgehead atoms. The molecule has 2 N–H and O–H groups in total. The van der Waals surface area contributed by atoms with E-state index in [1.807, 2.05) is 0 Å². The fourth-order valence-corrected chi connectivity index (χ4v) is 2.44. The molecule has 1 heterocycles. The van der Waals surface area contributed by atoms with Crippen LogP contribution in [0.1, 0.15) is 27.2 Å². The number of amides is 2. The second-order valence-electron chi connectivity index (χ2n) is 6.05. The highest BCUT2D eigenvalue weighted by Crippen LogP contribution is 2.17. The number of hydrogen-bond donors (Lipinski definition) is 2. The van der Waals surface area contributed by atoms with E-state index in [0.717, 1.165) is 19.5 Å². The van der Waals surface area contributed by atoms with Gasteiger partial charge < -0.3 is 20.2 Å². The zero-order valence-corrected chi connectivity index (χ0v) is 12.9. The summed E-state index contributed by atoms with van der Waals surface area (Å²) >= 11 is 0. The largest absolute Gasteiger partial charge is 0.481 e. The van der Waals surface area contributed by atoms with E-state index in [4.69, 9.17) is 5.11 Å². The van der Waals surface area contributed by atoms with E-state index in [-0.39, 0.29) is 12.6 Å². The summed E-state index contributed by atoms with van der Waals surface area (Å²) in [5, 5.41) is 11.7. The number of hydrogen-bond acceptors (Lipinski definition) is 3. The summed E-state index contributed by atoms with van der Waals surface area (Å²) in [5.41, 5.74) is 0. The number of carbonyl (C=O) groups excluding carboxylic acids is 1. The minimum absolute atomic E-state index is 0.193. The van der Waals surface area contributed by atoms with Gasteiger partial charge in [-0.25, -0.2) is 4.79 Å². The average Bonchev–Trinajstić information content (AvgIpc) is 2.84. The van der Waals surface area contributed by atoms with Crippen LogP contribution in [0, 0.1) is 11.8 Å². The zero-order chi connectivity index (χ0) is 15.3. The van der Waals surface area contributed by atoms with Crippen molar-refractivity contribution in [2.75, 3.05) is 33.2 Å². The Morgan fingerprint density at radius 1 is 1.40 bits per heavy atom. The van der Waals surface area contributed by atoms with Crippen molar-refractivity contribution >= 4 is 12.0 Å². The number of nitrogens with zero attached hydrogens (tertiary/aromatic N) is 2. The first-order chi connectivity index (χ1) is 9.31. The SMILES string of the molecule is CC(CN(C)C(=O)NCC1CCN(C(C)C)C1)C(=O)O. The standard InChI is InChI=1S/C14H27N3O3/c1-10(2)17-6-5-12(9-17)7-15-14(20)16(4)8-11(3)13(18)19/h10-12H,5-9H2,1-4H3,(H,15,20)(H,18,19). The van der Waals surface area contributed by atoms with Crippen LogP contribution in [0.2, 0.25) is 0 Å². The first-order valence-electron chi connectivity index (χ1n) is 7.27. The van der Waals surface area contributed by atoms with E-state index in [0.29, 0.717) is 18.5 Å². The van der Waals surface area contributed by atoms with E-state index in [1.165, 1.54) is 4.90 Å². The van der Waals surface area contributed by atoms with Gasteiger partial charge in [0.25, 0.3) is 0 Å². The highest BCUT2D eigenvalue weighted by atomic mass is 16.4. The fraction of sp³-hybridized carbons (Fsp3) is 0.857. The highest BCUT2D eigenvalue weighted by Gasteiger charge is 2.25. The molecule has 20 heavy (non-hydrogen) atoms. The van der Waals surface area contributed by atoms with Gasteiger partial charge in [-0.15, -0.1) is 0 Å². The van der Waals surface area contributed by atoms with Crippen molar-refractivity contribution in [1.29, 1.82) is 0 Å². The molecule has 6 nitrogen and oxygen atoms in total. The van der Waals surface area contributed by atoms with Gasteiger partial charge in [0.1, 0.15) is 0 Å². The van der Waals surface area contributed by atoms with Gasteiger partial charge in [0.2, 0.25) is 0 Å². The number of rotatable bonds is 6. The van der Waals surface area contributed by atoms with Crippen molar-refractivity contribution in [3.63, 3.8) is 0 Å². The lowest BCUT2D eigenvalue weighted by Gasteiger charge is -2.22. The minimum Gasteiger partial charge on any atom is -0.481 e. The predicted molar refractivity (Wildman–Crippen MR) is 77.6 cm³/mol. The maximum absolute atomic E-state index is 11.9. The van der Waals surface area contributed by atoms with Gasteiger partial charge in [-0.1, -0.05) is 6.92 Å². The minimum atomic E-state index is -0.881. The van der Waals surface area contributed by atoms with E-state index >= 15 is 0 Å². The molecule has 0 aliphatic carbocycles. The summed E-state index contributed by atoms with van der Waals surface area (Å²) in [6, 6.07) is 0.357. The quantitative estimate of drug-likeness (QED) is 0.766. The topological polar surface area (TPSA) is 72.9 Å². The molecular weight excluding hydrogens is 258 g/mol. The van der Waals surface area contributed by atoms with Gasteiger partial charge in [0, 0.05) is 32.7 Å². The molecule has 1 fully saturated rings. The average molecular weight is 285 g/mol. The van der Waals surface area contributed by atoms with Crippen molar-refractivity contribution in [3.8, 4) is 0 Å². The molecule has 2 amide bonds. The number of nitrogens with one attached hydrogen (secondary N) is 1. The molecule has 0 saturated carbocycles. The first-order valence-corrected chi connectivity index (χ1v) is 7.27. The molecule has 0 spiro atoms. The van der Waals surface area contributed by atoms with Crippen LogP contribution in [0.3, 0.4) is 0 Å². The summed E-state index contributed by atoms with van der Waals surface area (Å²) in [6.07, 6.45) is 1.10. The van der Waals surface area contributed by atoms with Crippen molar-refractivity contribution < 1.29 is 14.7 Å². The van der Waals surface area contributed by atoms with E-state index < -0.39 is 11.9 Å². The Bertz CT molecular complexity index is 347. The smallest absolute Gasteiger partial charge is 0.317 e. The van der Waals surface area contributed by atoms with E-state index in [2.05, 4.69) is 24.1 Å². The van der Waals surface area contributed by atoms with Crippen LogP contribution < -0.4 is 5.32 Å². The Hall–Kier alpha value is -1.30. The van der Waals surface area contributed by atoms with Crippen molar-refractivity contribution in [1.82, 2.24) is 15.1 Å². The molecule has 1 aliphatic heterocycles. The lowest BCUT2D eigenvalue weighted by Crippen LogP contribution is -2.42. The maximum atomic E-state index is 11.9. The Kier molecular flexibility index (Phi) is 6.26. The molecule has 0 aromatic heterocycles. The van der Waals surface area contributed by atoms with Crippen LogP contribution in [0.5, 0.6) is 0 Å². The second-order valence-corrected chi connectivity index (χ2v) is 6.05. The molecule has 1 aliphatic rings. The Morgan fingerprint density at radius 3 is 2.55 bits per heavy atom. The van der Waals surface area contributed by atoms with Crippen LogP contribution >= 0.6 is 0 Å². The van der Waals surface area contributed by atoms with Crippen molar-refractivity contribution in [2.45, 2.75) is 33.2 Å². The monoisotopic (exact) mass is 285 g/mol. The molecule has 116 valence electrons. The molecule has 2 atom stereocenters. The van der Waals surface area contributed by atoms with Gasteiger partial charge in [0.05, 0.1) is 5.92 Å². The van der Waals surface area contributed by atoms with Gasteiger partial charge >= 0.3 is 12.0 Å². The fourth-order valence-electron chi connectivity index (χ4n) is 2.44. The van der Waals surface area contributed by atoms with Gasteiger partial charge in [-0.3, -0.25) is 4.79 Å². The number of carboxylic acids is 1. The lowest BCUT2D eigenvalue weighted by molar-refractivity contribution is -0.141. The third-order valence-electron chi connectivity index (χ3n) is 3.91. The van der Waals surface area contributed by atoms with Crippen LogP contribution in [0.15, 0.2) is 0 Å². The lowest BCUT2D eigenvalue weighted by atomic mass is 10.1. The summed E-state index contributed by atoms with van der Waals surface area (Å²) in [6.45, 7) is 8.96. The Balaban J connectivity index is 2.28. The predicted octanol–water partition coefficient (Wildman–Crippen LogP) is 1.08. The van der Waals surface area contributed by atoms with Crippen molar-refractivity contribution in [2.24, 2.45) is 11.8 Å². The van der Waals surface area contributed by atoms with Crippen LogP contribution in [-0.4, -0.2) is 66.2 Å². The number of urea groups is 1. The summed E-state index contributed by atoms with van der Waals surface area (Å²) < 4.78 is 0. The molecule has 6 heteroatoms. The first kappa shape index (κ1) is 16.8. The summed E-state index contributed by atoms with van der Waals surface area (Å²) in [4.78, 5) is 26.5. The van der Waals surface area contributed by atoms with Crippen LogP contribution in [-0.2, 0) is 4.79 Å². The number of carbonyl (C=O) groups is 2. The van der Waals surface area contributed by atoms with Crippen LogP contribution in [0.25, 0.3) is 0 Å². The number of carboxylic acid groups (broad SMARTS) is 1. The van der Waals surface area contributed by atoms with Gasteiger partial charge in [0.15, 0.2) is 0 Å². The Labute approximate surface area is 121 Å². The molecule has 0 aromatic carbocycles. The van der Waals surface area contributed by atoms with Crippen LogP contribution in [0.4, 0.5) is 4.79 Å². The Morgan fingerprint density at radius 2 is 2.05 bits per heavy atom. The highest BCUT2D eigenvalue weighted by molar-refractivity contribution is 5.75. The van der Waals surface area contributed by atoms with Crippen molar-refractivity contribution in [3.05, 3.63) is 0 Å². The zero-order valence-electron chi connectivity index (χ0n) is 12.9. The summed E-state index contributed by atoms with van der Waals surface area (Å²) in [7, 11) is 1.63. The second kappa shape index (κ2) is 7.47. The third kappa shape index (κ3) is 5.00. The molecule has 0 radical (unpaired) electrons. The normalized spacial score (nSPS) is 20.9. The number of aliphatic carboxylic acids is 1. The third-order valence-corrected chi connectivity index (χ3v) is 3.91. The number of likely N-dealkylation sites (tertiary alicyclic amines) is 1. The van der Waals surface area contributed by atoms with E-state index in [9.17, 15) is 9.59 Å². The summed E-state index contributed by atoms with van der Waals surface area (Å²) in [5.74, 6) is -0.937.